The molecule has 2 aliphatic rings. The lowest BCUT2D eigenvalue weighted by atomic mass is 10.2. The molecule has 1 aliphatic heterocycles. The van der Waals surface area contributed by atoms with Gasteiger partial charge >= 0.3 is 0 Å². The minimum Gasteiger partial charge on any atom is -0.495 e. The minimum absolute atomic E-state index is 0.326. The second-order valence-electron chi connectivity index (χ2n) is 7.67. The normalized spacial score (nSPS) is 17.2. The smallest absolute Gasteiger partial charge is 0.187 e. The fourth-order valence-electron chi connectivity index (χ4n) is 3.84. The number of thiazole rings is 1. The first-order valence-corrected chi connectivity index (χ1v) is 11.1. The fraction of sp³-hybridized carbons (Fsp3) is 0.364. The van der Waals surface area contributed by atoms with Crippen molar-refractivity contribution in [3.8, 4) is 17.0 Å². The third kappa shape index (κ3) is 4.11. The molecule has 3 aromatic rings. The van der Waals surface area contributed by atoms with Crippen molar-refractivity contribution in [2.24, 2.45) is 0 Å². The van der Waals surface area contributed by atoms with Gasteiger partial charge in [-0.05, 0) is 37.1 Å². The summed E-state index contributed by atoms with van der Waals surface area (Å²) in [4.78, 5) is 14.3. The average Bonchev–Trinajstić information content (AvgIpc) is 3.53. The topological polar surface area (TPSA) is 53.5 Å². The molecule has 0 bridgehead atoms. The van der Waals surface area contributed by atoms with Crippen LogP contribution in [0.1, 0.15) is 12.8 Å². The first-order chi connectivity index (χ1) is 14.7. The van der Waals surface area contributed by atoms with Gasteiger partial charge in [-0.15, -0.1) is 11.3 Å². The molecule has 1 saturated heterocycles. The van der Waals surface area contributed by atoms with E-state index >= 15 is 0 Å². The van der Waals surface area contributed by atoms with E-state index in [-0.39, 0.29) is 5.82 Å². The molecular formula is C22H24FN5OS. The monoisotopic (exact) mass is 425 g/mol. The predicted octanol–water partition coefficient (Wildman–Crippen LogP) is 4.38. The van der Waals surface area contributed by atoms with Crippen molar-refractivity contribution in [2.75, 3.05) is 43.5 Å². The first kappa shape index (κ1) is 19.3. The van der Waals surface area contributed by atoms with Gasteiger partial charge in [-0.2, -0.15) is 0 Å². The highest BCUT2D eigenvalue weighted by atomic mass is 32.1. The standard InChI is InChI=1S/C22H24FN5OS/c1-29-20-6-3-16(23)12-18(20)25-22-26-19(14-30-22)15-2-7-21(24-13-15)28-10-8-27(9-11-28)17-4-5-17/h2-3,6-7,12-14,17H,4-5,8-11H2,1H3,(H,25,26). The lowest BCUT2D eigenvalue weighted by molar-refractivity contribution is 0.247. The van der Waals surface area contributed by atoms with Crippen molar-refractivity contribution >= 4 is 28.0 Å². The summed E-state index contributed by atoms with van der Waals surface area (Å²) in [5, 5.41) is 5.79. The zero-order valence-corrected chi connectivity index (χ0v) is 17.7. The number of piperazine rings is 1. The summed E-state index contributed by atoms with van der Waals surface area (Å²) >= 11 is 1.46. The molecule has 2 aromatic heterocycles. The highest BCUT2D eigenvalue weighted by Gasteiger charge is 2.31. The molecule has 0 atom stereocenters. The van der Waals surface area contributed by atoms with Gasteiger partial charge in [0.1, 0.15) is 17.4 Å². The highest BCUT2D eigenvalue weighted by Crippen LogP contribution is 2.32. The number of pyridine rings is 1. The van der Waals surface area contributed by atoms with E-state index in [4.69, 9.17) is 4.74 Å². The van der Waals surface area contributed by atoms with Crippen LogP contribution in [0.4, 0.5) is 21.0 Å². The van der Waals surface area contributed by atoms with Gasteiger partial charge < -0.3 is 15.0 Å². The van der Waals surface area contributed by atoms with Crippen molar-refractivity contribution in [3.63, 3.8) is 0 Å². The van der Waals surface area contributed by atoms with Crippen LogP contribution in [0.15, 0.2) is 41.9 Å². The average molecular weight is 426 g/mol. The fourth-order valence-corrected chi connectivity index (χ4v) is 4.57. The summed E-state index contributed by atoms with van der Waals surface area (Å²) in [6, 6.07) is 9.35. The van der Waals surface area contributed by atoms with Gasteiger partial charge in [0, 0.05) is 55.4 Å². The van der Waals surface area contributed by atoms with E-state index in [0.29, 0.717) is 16.6 Å². The van der Waals surface area contributed by atoms with Crippen LogP contribution in [0.25, 0.3) is 11.3 Å². The van der Waals surface area contributed by atoms with E-state index in [1.54, 1.807) is 13.2 Å². The Kier molecular flexibility index (Phi) is 5.26. The van der Waals surface area contributed by atoms with E-state index in [0.717, 1.165) is 49.3 Å². The van der Waals surface area contributed by atoms with Crippen molar-refractivity contribution in [1.82, 2.24) is 14.9 Å². The molecule has 2 fully saturated rings. The molecule has 0 radical (unpaired) electrons. The van der Waals surface area contributed by atoms with Gasteiger partial charge in [0.15, 0.2) is 5.13 Å². The molecule has 6 nitrogen and oxygen atoms in total. The van der Waals surface area contributed by atoms with Crippen molar-refractivity contribution in [1.29, 1.82) is 0 Å². The molecule has 1 aromatic carbocycles. The molecule has 1 saturated carbocycles. The molecule has 1 N–H and O–H groups in total. The summed E-state index contributed by atoms with van der Waals surface area (Å²) in [7, 11) is 1.56. The van der Waals surface area contributed by atoms with Crippen molar-refractivity contribution in [2.45, 2.75) is 18.9 Å². The number of nitrogens with one attached hydrogen (secondary N) is 1. The molecule has 3 heterocycles. The lowest BCUT2D eigenvalue weighted by Crippen LogP contribution is -2.47. The Morgan fingerprint density at radius 1 is 1.13 bits per heavy atom. The van der Waals surface area contributed by atoms with Crippen LogP contribution in [0.5, 0.6) is 5.75 Å². The maximum atomic E-state index is 13.6. The van der Waals surface area contributed by atoms with Crippen molar-refractivity contribution in [3.05, 3.63) is 47.7 Å². The largest absolute Gasteiger partial charge is 0.495 e. The maximum Gasteiger partial charge on any atom is 0.187 e. The Morgan fingerprint density at radius 3 is 2.67 bits per heavy atom. The Morgan fingerprint density at radius 2 is 1.97 bits per heavy atom. The summed E-state index contributed by atoms with van der Waals surface area (Å²) in [6.45, 7) is 4.31. The molecule has 0 unspecified atom stereocenters. The molecule has 1 aliphatic carbocycles. The van der Waals surface area contributed by atoms with E-state index in [2.05, 4.69) is 37.2 Å². The summed E-state index contributed by atoms with van der Waals surface area (Å²) < 4.78 is 18.9. The molecule has 0 spiro atoms. The minimum atomic E-state index is -0.326. The third-order valence-electron chi connectivity index (χ3n) is 5.65. The Bertz CT molecular complexity index is 1010. The quantitative estimate of drug-likeness (QED) is 0.633. The maximum absolute atomic E-state index is 13.6. The predicted molar refractivity (Wildman–Crippen MR) is 118 cm³/mol. The van der Waals surface area contributed by atoms with E-state index in [1.807, 2.05) is 11.6 Å². The zero-order valence-electron chi connectivity index (χ0n) is 16.8. The van der Waals surface area contributed by atoms with Gasteiger partial charge in [0.2, 0.25) is 0 Å². The third-order valence-corrected chi connectivity index (χ3v) is 6.41. The molecule has 0 amide bonds. The molecule has 30 heavy (non-hydrogen) atoms. The van der Waals surface area contributed by atoms with Crippen LogP contribution < -0.4 is 15.0 Å². The molecule has 156 valence electrons. The number of hydrogen-bond acceptors (Lipinski definition) is 7. The van der Waals surface area contributed by atoms with E-state index in [9.17, 15) is 4.39 Å². The number of ether oxygens (including phenoxy) is 1. The van der Waals surface area contributed by atoms with Crippen molar-refractivity contribution < 1.29 is 9.13 Å². The van der Waals surface area contributed by atoms with Crippen LogP contribution in [0.2, 0.25) is 0 Å². The molecule has 8 heteroatoms. The number of rotatable bonds is 6. The number of halogens is 1. The molecule has 5 rings (SSSR count). The summed E-state index contributed by atoms with van der Waals surface area (Å²) in [5.41, 5.74) is 2.36. The van der Waals surface area contributed by atoms with Gasteiger partial charge in [0.05, 0.1) is 18.5 Å². The summed E-state index contributed by atoms with van der Waals surface area (Å²) in [6.07, 6.45) is 4.61. The second-order valence-corrected chi connectivity index (χ2v) is 8.52. The Labute approximate surface area is 179 Å². The number of hydrogen-bond donors (Lipinski definition) is 1. The Hall–Kier alpha value is -2.71. The number of benzene rings is 1. The van der Waals surface area contributed by atoms with Crippen LogP contribution >= 0.6 is 11.3 Å². The zero-order chi connectivity index (χ0) is 20.5. The van der Waals surface area contributed by atoms with E-state index in [1.165, 1.54) is 36.3 Å². The first-order valence-electron chi connectivity index (χ1n) is 10.2. The lowest BCUT2D eigenvalue weighted by Gasteiger charge is -2.35. The SMILES string of the molecule is COc1ccc(F)cc1Nc1nc(-c2ccc(N3CCN(C4CC4)CC3)nc2)cs1. The van der Waals surface area contributed by atoms with Crippen LogP contribution in [-0.4, -0.2) is 54.2 Å². The number of methoxy groups -OCH3 is 1. The van der Waals surface area contributed by atoms with Gasteiger partial charge in [-0.1, -0.05) is 0 Å². The van der Waals surface area contributed by atoms with Gasteiger partial charge in [0.25, 0.3) is 0 Å². The number of anilines is 3. The summed E-state index contributed by atoms with van der Waals surface area (Å²) in [5.74, 6) is 1.26. The van der Waals surface area contributed by atoms with Crippen LogP contribution in [0.3, 0.4) is 0 Å². The van der Waals surface area contributed by atoms with Crippen LogP contribution in [-0.2, 0) is 0 Å². The Balaban J connectivity index is 1.26. The van der Waals surface area contributed by atoms with Crippen LogP contribution in [0, 0.1) is 5.82 Å². The van der Waals surface area contributed by atoms with E-state index < -0.39 is 0 Å². The number of nitrogens with zero attached hydrogens (tertiary/aromatic N) is 4. The highest BCUT2D eigenvalue weighted by molar-refractivity contribution is 7.14. The van der Waals surface area contributed by atoms with Gasteiger partial charge in [-0.3, -0.25) is 4.90 Å². The number of aromatic nitrogens is 2. The van der Waals surface area contributed by atoms with Gasteiger partial charge in [-0.25, -0.2) is 14.4 Å². The molecular weight excluding hydrogens is 401 g/mol. The second kappa shape index (κ2) is 8.20.